The van der Waals surface area contributed by atoms with Gasteiger partial charge < -0.3 is 10.1 Å². The zero-order valence-corrected chi connectivity index (χ0v) is 14.6. The largest absolute Gasteiger partial charge is 0.371 e. The third-order valence-electron chi connectivity index (χ3n) is 5.03. The first-order valence-electron chi connectivity index (χ1n) is 8.22. The first-order valence-corrected chi connectivity index (χ1v) is 9.34. The maximum absolute atomic E-state index is 12.2. The van der Waals surface area contributed by atoms with E-state index in [1.165, 1.54) is 0 Å². The summed E-state index contributed by atoms with van der Waals surface area (Å²) < 4.78 is 6.11. The van der Waals surface area contributed by atoms with E-state index < -0.39 is 0 Å². The lowest BCUT2D eigenvalue weighted by Crippen LogP contribution is -2.58. The van der Waals surface area contributed by atoms with Crippen molar-refractivity contribution in [2.45, 2.75) is 44.4 Å². The Morgan fingerprint density at radius 2 is 2.00 bits per heavy atom. The molecule has 0 radical (unpaired) electrons. The average Bonchev–Trinajstić information content (AvgIpc) is 2.59. The normalized spacial score (nSPS) is 30.4. The predicted octanol–water partition coefficient (Wildman–Crippen LogP) is 2.84. The van der Waals surface area contributed by atoms with Crippen molar-refractivity contribution < 1.29 is 14.3 Å². The molecule has 1 amide bonds. The van der Waals surface area contributed by atoms with E-state index in [4.69, 9.17) is 4.74 Å². The summed E-state index contributed by atoms with van der Waals surface area (Å²) in [5.74, 6) is 0.563. The third-order valence-corrected chi connectivity index (χ3v) is 5.58. The van der Waals surface area contributed by atoms with E-state index in [1.807, 2.05) is 30.3 Å². The summed E-state index contributed by atoms with van der Waals surface area (Å²) in [7, 11) is 0. The van der Waals surface area contributed by atoms with E-state index >= 15 is 0 Å². The summed E-state index contributed by atoms with van der Waals surface area (Å²) in [5, 5.41) is 3.48. The molecule has 0 aromatic heterocycles. The van der Waals surface area contributed by atoms with E-state index in [9.17, 15) is 9.59 Å². The van der Waals surface area contributed by atoms with Crippen LogP contribution >= 0.6 is 15.9 Å². The maximum atomic E-state index is 12.2. The Morgan fingerprint density at radius 3 is 2.74 bits per heavy atom. The number of rotatable bonds is 5. The molecule has 1 aromatic carbocycles. The molecule has 1 saturated carbocycles. The number of fused-ring (bicyclic) bond motifs is 1. The van der Waals surface area contributed by atoms with Crippen molar-refractivity contribution in [2.24, 2.45) is 11.8 Å². The molecular weight excluding hydrogens is 358 g/mol. The van der Waals surface area contributed by atoms with Gasteiger partial charge in [-0.25, -0.2) is 0 Å². The number of hydrogen-bond acceptors (Lipinski definition) is 3. The molecule has 1 aliphatic carbocycles. The molecule has 2 aliphatic rings. The van der Waals surface area contributed by atoms with Crippen LogP contribution in [0.4, 0.5) is 0 Å². The van der Waals surface area contributed by atoms with Gasteiger partial charge in [0.2, 0.25) is 5.91 Å². The number of halogens is 1. The summed E-state index contributed by atoms with van der Waals surface area (Å²) in [6, 6.07) is 10.0. The van der Waals surface area contributed by atoms with Crippen molar-refractivity contribution in [1.29, 1.82) is 0 Å². The highest BCUT2D eigenvalue weighted by molar-refractivity contribution is 9.09. The summed E-state index contributed by atoms with van der Waals surface area (Å²) in [6.45, 7) is 0.543. The van der Waals surface area contributed by atoms with Crippen LogP contribution in [0.1, 0.15) is 31.2 Å². The highest BCUT2D eigenvalue weighted by Gasteiger charge is 2.45. The van der Waals surface area contributed by atoms with E-state index in [-0.39, 0.29) is 35.7 Å². The van der Waals surface area contributed by atoms with Gasteiger partial charge >= 0.3 is 0 Å². The van der Waals surface area contributed by atoms with Crippen molar-refractivity contribution in [3.63, 3.8) is 0 Å². The molecule has 0 bridgehead atoms. The number of piperidine rings is 1. The number of carbonyl (C=O) groups is 2. The zero-order valence-electron chi connectivity index (χ0n) is 13.0. The summed E-state index contributed by atoms with van der Waals surface area (Å²) >= 11 is 3.29. The van der Waals surface area contributed by atoms with Gasteiger partial charge in [-0.1, -0.05) is 46.3 Å². The van der Waals surface area contributed by atoms with Gasteiger partial charge in [0.05, 0.1) is 24.1 Å². The number of carbonyl (C=O) groups excluding carboxylic acids is 2. The Kier molecular flexibility index (Phi) is 5.49. The van der Waals surface area contributed by atoms with Gasteiger partial charge in [0, 0.05) is 12.3 Å². The van der Waals surface area contributed by atoms with Gasteiger partial charge in [0.15, 0.2) is 0 Å². The van der Waals surface area contributed by atoms with Gasteiger partial charge in [-0.05, 0) is 30.7 Å². The van der Waals surface area contributed by atoms with E-state index in [1.54, 1.807) is 0 Å². The fourth-order valence-electron chi connectivity index (χ4n) is 3.86. The molecule has 4 unspecified atom stereocenters. The third kappa shape index (κ3) is 3.83. The lowest BCUT2D eigenvalue weighted by atomic mass is 9.69. The molecule has 0 spiro atoms. The minimum absolute atomic E-state index is 0.0103. The van der Waals surface area contributed by atoms with Crippen molar-refractivity contribution in [1.82, 2.24) is 5.32 Å². The second-order valence-corrected chi connectivity index (χ2v) is 6.98. The molecule has 5 heteroatoms. The molecule has 1 N–H and O–H groups in total. The fourth-order valence-corrected chi connectivity index (χ4v) is 4.28. The summed E-state index contributed by atoms with van der Waals surface area (Å²) in [6.07, 6.45) is 2.95. The highest BCUT2D eigenvalue weighted by atomic mass is 79.9. The topological polar surface area (TPSA) is 55.4 Å². The Hall–Kier alpha value is -1.20. The summed E-state index contributed by atoms with van der Waals surface area (Å²) in [5.41, 5.74) is 1.13. The number of Topliss-reactive ketones (excluding diaryl/α,β-unsaturated/α-hetero) is 1. The van der Waals surface area contributed by atoms with Crippen molar-refractivity contribution in [3.8, 4) is 0 Å². The van der Waals surface area contributed by atoms with Crippen LogP contribution in [0.2, 0.25) is 0 Å². The van der Waals surface area contributed by atoms with Crippen molar-refractivity contribution in [3.05, 3.63) is 35.9 Å². The number of hydrogen-bond donors (Lipinski definition) is 1. The van der Waals surface area contributed by atoms with Crippen molar-refractivity contribution >= 4 is 27.6 Å². The first kappa shape index (κ1) is 16.7. The van der Waals surface area contributed by atoms with Crippen LogP contribution in [0.3, 0.4) is 0 Å². The molecule has 4 nitrogen and oxygen atoms in total. The quantitative estimate of drug-likeness (QED) is 0.800. The molecule has 3 rings (SSSR count). The van der Waals surface area contributed by atoms with Crippen LogP contribution in [0.5, 0.6) is 0 Å². The van der Waals surface area contributed by atoms with Crippen LogP contribution in [-0.2, 0) is 20.9 Å². The molecule has 1 aromatic rings. The second-order valence-electron chi connectivity index (χ2n) is 6.41. The monoisotopic (exact) mass is 379 g/mol. The molecule has 4 atom stereocenters. The van der Waals surface area contributed by atoms with E-state index in [0.717, 1.165) is 24.8 Å². The molecule has 1 aliphatic heterocycles. The predicted molar refractivity (Wildman–Crippen MR) is 91.2 cm³/mol. The van der Waals surface area contributed by atoms with Crippen LogP contribution in [0.25, 0.3) is 0 Å². The van der Waals surface area contributed by atoms with Gasteiger partial charge in [-0.2, -0.15) is 0 Å². The van der Waals surface area contributed by atoms with Crippen molar-refractivity contribution in [2.75, 3.05) is 5.33 Å². The first-order chi connectivity index (χ1) is 11.2. The van der Waals surface area contributed by atoms with Gasteiger partial charge in [0.1, 0.15) is 5.78 Å². The smallest absolute Gasteiger partial charge is 0.220 e. The van der Waals surface area contributed by atoms with Crippen LogP contribution in [0.15, 0.2) is 30.3 Å². The molecule has 23 heavy (non-hydrogen) atoms. The lowest BCUT2D eigenvalue weighted by Gasteiger charge is -2.45. The molecule has 1 heterocycles. The second kappa shape index (κ2) is 7.58. The number of amides is 1. The minimum atomic E-state index is -0.0401. The number of alkyl halides is 1. The lowest BCUT2D eigenvalue weighted by molar-refractivity contribution is -0.136. The zero-order chi connectivity index (χ0) is 16.2. The van der Waals surface area contributed by atoms with E-state index in [0.29, 0.717) is 18.4 Å². The van der Waals surface area contributed by atoms with Crippen LogP contribution < -0.4 is 5.32 Å². The van der Waals surface area contributed by atoms with Gasteiger partial charge in [-0.3, -0.25) is 9.59 Å². The van der Waals surface area contributed by atoms with Crippen LogP contribution in [-0.4, -0.2) is 29.2 Å². The molecule has 2 fully saturated rings. The number of ketones is 1. The standard InChI is InChI=1S/C18H22BrNO3/c19-10-15(21)13-6-8-16(18-14(13)7-9-17(22)20-18)23-11-12-4-2-1-3-5-12/h1-5,13-14,16,18H,6-11H2,(H,20,22). The number of benzene rings is 1. The fraction of sp³-hybridized carbons (Fsp3) is 0.556. The molecule has 1 saturated heterocycles. The van der Waals surface area contributed by atoms with Crippen LogP contribution in [0, 0.1) is 11.8 Å². The highest BCUT2D eigenvalue weighted by Crippen LogP contribution is 2.38. The Morgan fingerprint density at radius 1 is 1.22 bits per heavy atom. The Labute approximate surface area is 145 Å². The van der Waals surface area contributed by atoms with Gasteiger partial charge in [0.25, 0.3) is 0 Å². The number of ether oxygens (including phenoxy) is 1. The Balaban J connectivity index is 1.69. The summed E-state index contributed by atoms with van der Waals surface area (Å²) in [4.78, 5) is 24.0. The average molecular weight is 380 g/mol. The van der Waals surface area contributed by atoms with E-state index in [2.05, 4.69) is 21.2 Å². The maximum Gasteiger partial charge on any atom is 0.220 e. The molecular formula is C18H22BrNO3. The van der Waals surface area contributed by atoms with Gasteiger partial charge in [-0.15, -0.1) is 0 Å². The minimum Gasteiger partial charge on any atom is -0.371 e. The number of nitrogens with one attached hydrogen (secondary N) is 1. The Bertz CT molecular complexity index is 563. The molecule has 124 valence electrons. The SMILES string of the molecule is O=C1CCC2C(C(=O)CBr)CCC(OCc3ccccc3)C2N1.